The van der Waals surface area contributed by atoms with Crippen LogP contribution in [-0.4, -0.2) is 37.2 Å². The molecule has 158 valence electrons. The Morgan fingerprint density at radius 3 is 2.72 bits per heavy atom. The van der Waals surface area contributed by atoms with E-state index in [1.54, 1.807) is 23.1 Å². The summed E-state index contributed by atoms with van der Waals surface area (Å²) in [6.07, 6.45) is 10.5. The van der Waals surface area contributed by atoms with E-state index in [0.717, 1.165) is 39.4 Å². The standard InChI is InChI=1S/C21H30N4OS3/c1-5-7-8-9-10-11-28-20-24-23-17-16-14-12-21(3,6-2)26-13-15(14)29-18(16)22-19(27-4)25(17)20/h5-13H2,1-4H3. The Kier molecular flexibility index (Phi) is 6.73. The van der Waals surface area contributed by atoms with Crippen LogP contribution in [0.1, 0.15) is 69.7 Å². The number of fused-ring (bicyclic) bond motifs is 5. The van der Waals surface area contributed by atoms with E-state index in [-0.39, 0.29) is 5.60 Å². The van der Waals surface area contributed by atoms with Gasteiger partial charge in [0.15, 0.2) is 16.0 Å². The SMILES string of the molecule is CCCCCCCSc1nnc2c3c4c(sc3nc(SC)n12)COC(C)(CC)C4. The zero-order chi connectivity index (χ0) is 20.4. The molecule has 0 N–H and O–H groups in total. The second-order valence-electron chi connectivity index (χ2n) is 7.96. The van der Waals surface area contributed by atoms with Crippen LogP contribution in [0.5, 0.6) is 0 Å². The average Bonchev–Trinajstić information content (AvgIpc) is 3.30. The third kappa shape index (κ3) is 4.18. The van der Waals surface area contributed by atoms with Gasteiger partial charge in [0, 0.05) is 17.1 Å². The molecule has 0 radical (unpaired) electrons. The smallest absolute Gasteiger partial charge is 0.197 e. The van der Waals surface area contributed by atoms with Gasteiger partial charge in [-0.05, 0) is 31.6 Å². The molecule has 3 aromatic heterocycles. The Hall–Kier alpha value is -0.830. The highest BCUT2D eigenvalue weighted by Gasteiger charge is 2.33. The third-order valence-corrected chi connectivity index (χ3v) is 8.58. The Labute approximate surface area is 185 Å². The molecular weight excluding hydrogens is 420 g/mol. The Bertz CT molecular complexity index is 999. The minimum Gasteiger partial charge on any atom is -0.369 e. The molecule has 0 amide bonds. The molecule has 5 nitrogen and oxygen atoms in total. The van der Waals surface area contributed by atoms with Crippen molar-refractivity contribution >= 4 is 50.7 Å². The number of unbranched alkanes of at least 4 members (excludes halogenated alkanes) is 4. The number of ether oxygens (including phenoxy) is 1. The maximum absolute atomic E-state index is 6.17. The highest BCUT2D eigenvalue weighted by Crippen LogP contribution is 2.42. The van der Waals surface area contributed by atoms with E-state index < -0.39 is 0 Å². The van der Waals surface area contributed by atoms with Crippen molar-refractivity contribution in [1.29, 1.82) is 0 Å². The molecule has 1 unspecified atom stereocenters. The van der Waals surface area contributed by atoms with Gasteiger partial charge >= 0.3 is 0 Å². The van der Waals surface area contributed by atoms with E-state index in [0.29, 0.717) is 6.61 Å². The maximum atomic E-state index is 6.17. The number of hydrogen-bond donors (Lipinski definition) is 0. The van der Waals surface area contributed by atoms with Gasteiger partial charge in [0.05, 0.1) is 17.6 Å². The van der Waals surface area contributed by atoms with Crippen molar-refractivity contribution in [3.05, 3.63) is 10.4 Å². The lowest BCUT2D eigenvalue weighted by molar-refractivity contribution is -0.0542. The molecule has 29 heavy (non-hydrogen) atoms. The zero-order valence-corrected chi connectivity index (χ0v) is 20.2. The summed E-state index contributed by atoms with van der Waals surface area (Å²) in [5.74, 6) is 1.08. The van der Waals surface area contributed by atoms with Gasteiger partial charge in [-0.15, -0.1) is 21.5 Å². The molecular formula is C21H30N4OS3. The van der Waals surface area contributed by atoms with Crippen LogP contribution in [0, 0.1) is 0 Å². The first-order valence-corrected chi connectivity index (χ1v) is 13.6. The van der Waals surface area contributed by atoms with Crippen molar-refractivity contribution in [2.24, 2.45) is 0 Å². The molecule has 0 saturated heterocycles. The van der Waals surface area contributed by atoms with Crippen molar-refractivity contribution in [1.82, 2.24) is 19.6 Å². The van der Waals surface area contributed by atoms with Crippen LogP contribution in [0.15, 0.2) is 10.3 Å². The Balaban J connectivity index is 1.68. The van der Waals surface area contributed by atoms with Crippen molar-refractivity contribution < 1.29 is 4.74 Å². The Morgan fingerprint density at radius 2 is 1.97 bits per heavy atom. The van der Waals surface area contributed by atoms with Crippen LogP contribution in [0.25, 0.3) is 15.9 Å². The average molecular weight is 451 g/mol. The number of nitrogens with zero attached hydrogens (tertiary/aromatic N) is 4. The summed E-state index contributed by atoms with van der Waals surface area (Å²) in [4.78, 5) is 7.36. The summed E-state index contributed by atoms with van der Waals surface area (Å²) >= 11 is 5.23. The van der Waals surface area contributed by atoms with E-state index in [2.05, 4.69) is 41.6 Å². The van der Waals surface area contributed by atoms with Crippen LogP contribution in [0.3, 0.4) is 0 Å². The largest absolute Gasteiger partial charge is 0.369 e. The van der Waals surface area contributed by atoms with Crippen molar-refractivity contribution in [2.75, 3.05) is 12.0 Å². The second-order valence-corrected chi connectivity index (χ2v) is 10.9. The van der Waals surface area contributed by atoms with Crippen molar-refractivity contribution in [3.63, 3.8) is 0 Å². The summed E-state index contributed by atoms with van der Waals surface area (Å²) in [6.45, 7) is 7.34. The minimum absolute atomic E-state index is 0.105. The molecule has 0 spiro atoms. The molecule has 4 rings (SSSR count). The van der Waals surface area contributed by atoms with Gasteiger partial charge < -0.3 is 4.74 Å². The lowest BCUT2D eigenvalue weighted by Crippen LogP contribution is -2.33. The number of thiophene rings is 1. The molecule has 0 aromatic carbocycles. The summed E-state index contributed by atoms with van der Waals surface area (Å²) < 4.78 is 8.34. The van der Waals surface area contributed by atoms with Crippen LogP contribution < -0.4 is 0 Å². The van der Waals surface area contributed by atoms with Gasteiger partial charge in [-0.25, -0.2) is 9.38 Å². The van der Waals surface area contributed by atoms with Crippen molar-refractivity contribution in [3.8, 4) is 0 Å². The fraction of sp³-hybridized carbons (Fsp3) is 0.667. The van der Waals surface area contributed by atoms with Crippen LogP contribution in [0.4, 0.5) is 0 Å². The molecule has 1 atom stereocenters. The molecule has 1 aliphatic heterocycles. The molecule has 8 heteroatoms. The lowest BCUT2D eigenvalue weighted by Gasteiger charge is -2.32. The van der Waals surface area contributed by atoms with E-state index >= 15 is 0 Å². The Morgan fingerprint density at radius 1 is 1.14 bits per heavy atom. The minimum atomic E-state index is -0.105. The fourth-order valence-electron chi connectivity index (χ4n) is 3.84. The molecule has 3 aromatic rings. The first-order valence-electron chi connectivity index (χ1n) is 10.6. The quantitative estimate of drug-likeness (QED) is 0.215. The van der Waals surface area contributed by atoms with E-state index in [9.17, 15) is 0 Å². The van der Waals surface area contributed by atoms with Crippen LogP contribution in [-0.2, 0) is 17.8 Å². The van der Waals surface area contributed by atoms with Crippen LogP contribution in [0.2, 0.25) is 0 Å². The second kappa shape index (κ2) is 9.12. The maximum Gasteiger partial charge on any atom is 0.197 e. The first kappa shape index (κ1) is 21.4. The van der Waals surface area contributed by atoms with E-state index in [1.807, 2.05) is 11.8 Å². The molecule has 1 aliphatic rings. The van der Waals surface area contributed by atoms with Crippen molar-refractivity contribution in [2.45, 2.75) is 88.2 Å². The third-order valence-electron chi connectivity index (χ3n) is 5.83. The number of aromatic nitrogens is 4. The predicted octanol–water partition coefficient (Wildman–Crippen LogP) is 6.36. The molecule has 0 bridgehead atoms. The molecule has 0 saturated carbocycles. The molecule has 0 aliphatic carbocycles. The first-order chi connectivity index (χ1) is 14.1. The summed E-state index contributed by atoms with van der Waals surface area (Å²) in [6, 6.07) is 0. The van der Waals surface area contributed by atoms with E-state index in [4.69, 9.17) is 9.72 Å². The summed E-state index contributed by atoms with van der Waals surface area (Å²) in [5, 5.41) is 12.3. The number of hydrogen-bond acceptors (Lipinski definition) is 7. The van der Waals surface area contributed by atoms with Gasteiger partial charge in [-0.2, -0.15) is 0 Å². The topological polar surface area (TPSA) is 52.3 Å². The van der Waals surface area contributed by atoms with Gasteiger partial charge in [0.1, 0.15) is 4.83 Å². The predicted molar refractivity (Wildman–Crippen MR) is 125 cm³/mol. The van der Waals surface area contributed by atoms with Gasteiger partial charge in [0.2, 0.25) is 0 Å². The van der Waals surface area contributed by atoms with Gasteiger partial charge in [0.25, 0.3) is 0 Å². The molecule has 0 fully saturated rings. The van der Waals surface area contributed by atoms with Crippen LogP contribution >= 0.6 is 34.9 Å². The summed E-state index contributed by atoms with van der Waals surface area (Å²) in [7, 11) is 0. The molecule has 4 heterocycles. The highest BCUT2D eigenvalue weighted by atomic mass is 32.2. The normalized spacial score (nSPS) is 19.3. The highest BCUT2D eigenvalue weighted by molar-refractivity contribution is 7.99. The van der Waals surface area contributed by atoms with E-state index in [1.165, 1.54) is 47.9 Å². The fourth-order valence-corrected chi connectivity index (χ4v) is 6.53. The van der Waals surface area contributed by atoms with Gasteiger partial charge in [-0.1, -0.05) is 63.1 Å². The lowest BCUT2D eigenvalue weighted by atomic mass is 9.90. The summed E-state index contributed by atoms with van der Waals surface area (Å²) in [5.41, 5.74) is 2.23. The van der Waals surface area contributed by atoms with Gasteiger partial charge in [-0.3, -0.25) is 0 Å². The monoisotopic (exact) mass is 450 g/mol. The number of rotatable bonds is 9. The number of thioether (sulfide) groups is 2. The zero-order valence-electron chi connectivity index (χ0n) is 17.8.